The van der Waals surface area contributed by atoms with Crippen molar-refractivity contribution in [3.8, 4) is 0 Å². The van der Waals surface area contributed by atoms with Crippen LogP contribution in [0.15, 0.2) is 0 Å². The van der Waals surface area contributed by atoms with Gasteiger partial charge in [0.1, 0.15) is 0 Å². The fourth-order valence-corrected chi connectivity index (χ4v) is 2.49. The summed E-state index contributed by atoms with van der Waals surface area (Å²) < 4.78 is 0. The highest BCUT2D eigenvalue weighted by Gasteiger charge is 2.17. The zero-order valence-electron chi connectivity index (χ0n) is 12.6. The molecule has 0 radical (unpaired) electrons. The Kier molecular flexibility index (Phi) is 5.40. The van der Waals surface area contributed by atoms with Crippen LogP contribution >= 0.6 is 11.6 Å². The first kappa shape index (κ1) is 15.3. The molecule has 6 heteroatoms. The Balaban J connectivity index is 2.11. The first-order valence-electron chi connectivity index (χ1n) is 7.53. The van der Waals surface area contributed by atoms with Gasteiger partial charge in [-0.2, -0.15) is 15.0 Å². The SMILES string of the molecule is CCC(C)C(C)Nc1nc(Cl)nc(N2CCCCC2)n1. The summed E-state index contributed by atoms with van der Waals surface area (Å²) in [5.41, 5.74) is 0. The monoisotopic (exact) mass is 297 g/mol. The van der Waals surface area contributed by atoms with Crippen LogP contribution in [0, 0.1) is 5.92 Å². The van der Waals surface area contributed by atoms with Crippen molar-refractivity contribution in [1.82, 2.24) is 15.0 Å². The lowest BCUT2D eigenvalue weighted by Crippen LogP contribution is -2.32. The van der Waals surface area contributed by atoms with E-state index < -0.39 is 0 Å². The van der Waals surface area contributed by atoms with Crippen LogP contribution in [-0.2, 0) is 0 Å². The van der Waals surface area contributed by atoms with Crippen molar-refractivity contribution in [2.45, 2.75) is 52.5 Å². The van der Waals surface area contributed by atoms with E-state index >= 15 is 0 Å². The molecule has 1 N–H and O–H groups in total. The molecule has 1 aliphatic heterocycles. The van der Waals surface area contributed by atoms with Gasteiger partial charge in [-0.3, -0.25) is 0 Å². The highest BCUT2D eigenvalue weighted by atomic mass is 35.5. The van der Waals surface area contributed by atoms with Crippen molar-refractivity contribution in [3.05, 3.63) is 5.28 Å². The minimum absolute atomic E-state index is 0.263. The Morgan fingerprint density at radius 2 is 1.85 bits per heavy atom. The van der Waals surface area contributed by atoms with E-state index in [1.807, 2.05) is 0 Å². The maximum Gasteiger partial charge on any atom is 0.231 e. The van der Waals surface area contributed by atoms with Crippen LogP contribution in [0.25, 0.3) is 0 Å². The highest BCUT2D eigenvalue weighted by Crippen LogP contribution is 2.19. The van der Waals surface area contributed by atoms with Gasteiger partial charge >= 0.3 is 0 Å². The maximum atomic E-state index is 6.04. The van der Waals surface area contributed by atoms with Crippen LogP contribution < -0.4 is 10.2 Å². The van der Waals surface area contributed by atoms with E-state index in [2.05, 4.69) is 45.9 Å². The predicted molar refractivity (Wildman–Crippen MR) is 83.4 cm³/mol. The van der Waals surface area contributed by atoms with Gasteiger partial charge < -0.3 is 10.2 Å². The largest absolute Gasteiger partial charge is 0.351 e. The molecule has 20 heavy (non-hydrogen) atoms. The van der Waals surface area contributed by atoms with Crippen LogP contribution in [0.5, 0.6) is 0 Å². The zero-order valence-corrected chi connectivity index (χ0v) is 13.3. The van der Waals surface area contributed by atoms with Gasteiger partial charge in [-0.1, -0.05) is 20.3 Å². The quantitative estimate of drug-likeness (QED) is 0.903. The Bertz CT molecular complexity index is 434. The van der Waals surface area contributed by atoms with Crippen molar-refractivity contribution in [2.24, 2.45) is 5.92 Å². The van der Waals surface area contributed by atoms with Gasteiger partial charge in [-0.05, 0) is 43.7 Å². The lowest BCUT2D eigenvalue weighted by Gasteiger charge is -2.27. The number of nitrogens with one attached hydrogen (secondary N) is 1. The second-order valence-electron chi connectivity index (χ2n) is 5.59. The molecular weight excluding hydrogens is 274 g/mol. The first-order valence-corrected chi connectivity index (χ1v) is 7.91. The number of nitrogens with zero attached hydrogens (tertiary/aromatic N) is 4. The number of aromatic nitrogens is 3. The molecular formula is C14H24ClN5. The second kappa shape index (κ2) is 7.07. The van der Waals surface area contributed by atoms with E-state index in [1.54, 1.807) is 0 Å². The smallest absolute Gasteiger partial charge is 0.231 e. The standard InChI is InChI=1S/C14H24ClN5/c1-4-10(2)11(3)16-13-17-12(15)18-14(19-13)20-8-6-5-7-9-20/h10-11H,4-9H2,1-3H3,(H,16,17,18,19). The van der Waals surface area contributed by atoms with Gasteiger partial charge in [0, 0.05) is 19.1 Å². The van der Waals surface area contributed by atoms with Crippen LogP contribution in [0.2, 0.25) is 5.28 Å². The molecule has 5 nitrogen and oxygen atoms in total. The minimum atomic E-state index is 0.263. The van der Waals surface area contributed by atoms with Gasteiger partial charge in [0.2, 0.25) is 17.2 Å². The molecule has 0 bridgehead atoms. The van der Waals surface area contributed by atoms with Gasteiger partial charge in [0.15, 0.2) is 0 Å². The van der Waals surface area contributed by atoms with Gasteiger partial charge in [-0.25, -0.2) is 0 Å². The summed E-state index contributed by atoms with van der Waals surface area (Å²) in [5, 5.41) is 3.60. The van der Waals surface area contributed by atoms with Crippen molar-refractivity contribution < 1.29 is 0 Å². The fourth-order valence-electron chi connectivity index (χ4n) is 2.34. The molecule has 1 aromatic rings. The molecule has 0 spiro atoms. The van der Waals surface area contributed by atoms with E-state index in [9.17, 15) is 0 Å². The predicted octanol–water partition coefficient (Wildman–Crippen LogP) is 3.36. The first-order chi connectivity index (χ1) is 9.60. The molecule has 1 aliphatic rings. The molecule has 1 fully saturated rings. The average Bonchev–Trinajstić information content (AvgIpc) is 2.46. The van der Waals surface area contributed by atoms with E-state index in [1.165, 1.54) is 19.3 Å². The molecule has 1 saturated heterocycles. The number of halogens is 1. The molecule has 0 amide bonds. The molecule has 0 aromatic carbocycles. The summed E-state index contributed by atoms with van der Waals surface area (Å²) in [7, 11) is 0. The van der Waals surface area contributed by atoms with E-state index in [0.29, 0.717) is 23.9 Å². The van der Waals surface area contributed by atoms with Gasteiger partial charge in [0.25, 0.3) is 0 Å². The third-order valence-corrected chi connectivity index (χ3v) is 4.26. The molecule has 0 aliphatic carbocycles. The summed E-state index contributed by atoms with van der Waals surface area (Å²) >= 11 is 6.04. The lowest BCUT2D eigenvalue weighted by atomic mass is 10.0. The second-order valence-corrected chi connectivity index (χ2v) is 5.93. The average molecular weight is 298 g/mol. The molecule has 2 atom stereocenters. The summed E-state index contributed by atoms with van der Waals surface area (Å²) in [6.45, 7) is 8.54. The summed E-state index contributed by atoms with van der Waals surface area (Å²) in [4.78, 5) is 15.2. The number of hydrogen-bond acceptors (Lipinski definition) is 5. The Hall–Kier alpha value is -1.10. The Morgan fingerprint density at radius 1 is 1.15 bits per heavy atom. The molecule has 0 saturated carbocycles. The topological polar surface area (TPSA) is 53.9 Å². The number of rotatable bonds is 5. The molecule has 2 unspecified atom stereocenters. The minimum Gasteiger partial charge on any atom is -0.351 e. The Morgan fingerprint density at radius 3 is 2.50 bits per heavy atom. The van der Waals surface area contributed by atoms with Crippen LogP contribution in [0.3, 0.4) is 0 Å². The summed E-state index contributed by atoms with van der Waals surface area (Å²) in [6, 6.07) is 0.313. The fraction of sp³-hybridized carbons (Fsp3) is 0.786. The van der Waals surface area contributed by atoms with E-state index in [-0.39, 0.29) is 5.28 Å². The van der Waals surface area contributed by atoms with Crippen molar-refractivity contribution >= 4 is 23.5 Å². The van der Waals surface area contributed by atoms with Crippen molar-refractivity contribution in [1.29, 1.82) is 0 Å². The summed E-state index contributed by atoms with van der Waals surface area (Å²) in [5.74, 6) is 1.84. The molecule has 2 rings (SSSR count). The zero-order chi connectivity index (χ0) is 14.5. The van der Waals surface area contributed by atoms with E-state index in [4.69, 9.17) is 11.6 Å². The number of hydrogen-bond donors (Lipinski definition) is 1. The maximum absolute atomic E-state index is 6.04. The van der Waals surface area contributed by atoms with Crippen LogP contribution in [-0.4, -0.2) is 34.1 Å². The molecule has 112 valence electrons. The van der Waals surface area contributed by atoms with Gasteiger partial charge in [0.05, 0.1) is 0 Å². The van der Waals surface area contributed by atoms with Crippen molar-refractivity contribution in [3.63, 3.8) is 0 Å². The normalized spacial score (nSPS) is 18.7. The number of piperidine rings is 1. The summed E-state index contributed by atoms with van der Waals surface area (Å²) in [6.07, 6.45) is 4.78. The van der Waals surface area contributed by atoms with Crippen LogP contribution in [0.4, 0.5) is 11.9 Å². The van der Waals surface area contributed by atoms with Crippen LogP contribution in [0.1, 0.15) is 46.5 Å². The third kappa shape index (κ3) is 3.95. The highest BCUT2D eigenvalue weighted by molar-refractivity contribution is 6.28. The van der Waals surface area contributed by atoms with Gasteiger partial charge in [-0.15, -0.1) is 0 Å². The Labute approximate surface area is 126 Å². The number of anilines is 2. The third-order valence-electron chi connectivity index (χ3n) is 4.09. The lowest BCUT2D eigenvalue weighted by molar-refractivity contribution is 0.491. The molecule has 1 aromatic heterocycles. The van der Waals surface area contributed by atoms with E-state index in [0.717, 1.165) is 19.5 Å². The molecule has 2 heterocycles. The van der Waals surface area contributed by atoms with Crippen molar-refractivity contribution in [2.75, 3.05) is 23.3 Å².